The molecule has 3 aromatic carbocycles. The number of methoxy groups -OCH3 is 1. The number of fused-ring (bicyclic) bond motifs is 4. The Hall–Kier alpha value is -4.42. The number of ether oxygens (including phenoxy) is 1. The maximum Gasteiger partial charge on any atom is 0.335 e. The van der Waals surface area contributed by atoms with Crippen molar-refractivity contribution in [1.29, 1.82) is 0 Å². The van der Waals surface area contributed by atoms with Crippen molar-refractivity contribution in [2.45, 2.75) is 4.90 Å². The first-order valence-electron chi connectivity index (χ1n) is 11.7. The monoisotopic (exact) mass is 580 g/mol. The highest BCUT2D eigenvalue weighted by Gasteiger charge is 2.35. The van der Waals surface area contributed by atoms with Gasteiger partial charge in [-0.3, -0.25) is 14.4 Å². The lowest BCUT2D eigenvalue weighted by molar-refractivity contribution is -0.142. The maximum absolute atomic E-state index is 13.9. The van der Waals surface area contributed by atoms with E-state index in [2.05, 4.69) is 9.84 Å². The molecule has 0 spiro atoms. The third-order valence-corrected chi connectivity index (χ3v) is 8.39. The SMILES string of the molecule is COC(=O)C1CSc2c(F)cccc2C1=O.O=C(O)c1ccc(-n2nc3c4cccc(F)c4scc-3c2=O)cc1. The number of aromatic carboxylic acids is 1. The summed E-state index contributed by atoms with van der Waals surface area (Å²) in [6.07, 6.45) is 0. The number of rotatable bonds is 3. The van der Waals surface area contributed by atoms with Crippen molar-refractivity contribution in [2.24, 2.45) is 5.92 Å². The van der Waals surface area contributed by atoms with Gasteiger partial charge in [-0.25, -0.2) is 13.6 Å². The molecule has 0 bridgehead atoms. The summed E-state index contributed by atoms with van der Waals surface area (Å²) in [6, 6.07) is 14.8. The minimum atomic E-state index is -1.04. The topological polar surface area (TPSA) is 116 Å². The molecular weight excluding hydrogens is 562 g/mol. The van der Waals surface area contributed by atoms with Crippen molar-refractivity contribution in [3.63, 3.8) is 0 Å². The summed E-state index contributed by atoms with van der Waals surface area (Å²) >= 11 is 2.33. The van der Waals surface area contributed by atoms with E-state index in [-0.39, 0.29) is 34.0 Å². The van der Waals surface area contributed by atoms with Crippen molar-refractivity contribution in [3.8, 4) is 16.9 Å². The first kappa shape index (κ1) is 27.2. The van der Waals surface area contributed by atoms with Crippen LogP contribution in [0.2, 0.25) is 0 Å². The molecule has 0 saturated carbocycles. The lowest BCUT2D eigenvalue weighted by atomic mass is 9.98. The molecule has 3 aliphatic rings. The fourth-order valence-corrected chi connectivity index (χ4v) is 6.24. The number of hydrogen-bond donors (Lipinski definition) is 1. The molecule has 3 heterocycles. The van der Waals surface area contributed by atoms with Crippen LogP contribution in [-0.2, 0) is 9.53 Å². The van der Waals surface area contributed by atoms with Gasteiger partial charge in [0.05, 0.1) is 33.5 Å². The van der Waals surface area contributed by atoms with Crippen LogP contribution in [0.5, 0.6) is 0 Å². The Kier molecular flexibility index (Phi) is 7.46. The van der Waals surface area contributed by atoms with Gasteiger partial charge >= 0.3 is 11.9 Å². The largest absolute Gasteiger partial charge is 0.478 e. The molecule has 40 heavy (non-hydrogen) atoms. The second-order valence-corrected chi connectivity index (χ2v) is 10.5. The summed E-state index contributed by atoms with van der Waals surface area (Å²) in [5, 5.41) is 15.4. The average molecular weight is 581 g/mol. The molecule has 8 nitrogen and oxygen atoms in total. The van der Waals surface area contributed by atoms with E-state index in [1.54, 1.807) is 17.5 Å². The molecule has 6 rings (SSSR count). The summed E-state index contributed by atoms with van der Waals surface area (Å²) in [7, 11) is 1.24. The van der Waals surface area contributed by atoms with E-state index in [9.17, 15) is 28.0 Å². The van der Waals surface area contributed by atoms with Gasteiger partial charge in [0.1, 0.15) is 23.2 Å². The summed E-state index contributed by atoms with van der Waals surface area (Å²) in [5.74, 6) is -3.32. The lowest BCUT2D eigenvalue weighted by Gasteiger charge is -2.20. The zero-order valence-electron chi connectivity index (χ0n) is 20.6. The van der Waals surface area contributed by atoms with Crippen molar-refractivity contribution in [2.75, 3.05) is 12.9 Å². The number of halogens is 2. The number of hydrogen-bond acceptors (Lipinski definition) is 8. The maximum atomic E-state index is 13.9. The number of carboxylic acid groups (broad SMARTS) is 1. The van der Waals surface area contributed by atoms with Crippen LogP contribution < -0.4 is 5.56 Å². The van der Waals surface area contributed by atoms with Crippen molar-refractivity contribution < 1.29 is 33.0 Å². The third kappa shape index (κ3) is 4.87. The number of carboxylic acids is 1. The Labute approximate surface area is 233 Å². The standard InChI is InChI=1S/C17H9FN2O3S.C11H9FO3S/c18-13-3-1-2-11-14-12(8-24-15(11)13)16(21)20(19-14)10-6-4-9(5-7-10)17(22)23;1-15-11(14)7-5-16-10-6(9(7)13)3-2-4-8(10)12/h1-8H,(H,22,23);2-4,7H,5H2,1H3. The number of Topliss-reactive ketones (excluding diaryl/α,β-unsaturated/α-hetero) is 1. The number of nitrogens with zero attached hydrogens (tertiary/aromatic N) is 2. The van der Waals surface area contributed by atoms with Gasteiger partial charge in [0.2, 0.25) is 0 Å². The Balaban J connectivity index is 0.000000176. The summed E-state index contributed by atoms with van der Waals surface area (Å²) < 4.78 is 33.5. The van der Waals surface area contributed by atoms with Crippen LogP contribution in [0.3, 0.4) is 0 Å². The van der Waals surface area contributed by atoms with E-state index in [0.29, 0.717) is 31.9 Å². The number of thioether (sulfide) groups is 1. The highest BCUT2D eigenvalue weighted by molar-refractivity contribution is 7.99. The number of carbonyl (C=O) groups is 3. The fraction of sp³-hybridized carbons (Fsp3) is 0.107. The number of ketones is 1. The molecule has 0 amide bonds. The molecule has 3 aliphatic heterocycles. The van der Waals surface area contributed by atoms with Crippen LogP contribution in [0.15, 0.2) is 75.7 Å². The van der Waals surface area contributed by atoms with Crippen LogP contribution >= 0.6 is 23.1 Å². The Morgan fingerprint density at radius 2 is 1.70 bits per heavy atom. The van der Waals surface area contributed by atoms with Crippen molar-refractivity contribution in [3.05, 3.63) is 99.2 Å². The number of carbonyl (C=O) groups excluding carboxylic acids is 2. The second kappa shape index (κ2) is 11.0. The molecular formula is C28H18F2N2O6S2. The quantitative estimate of drug-likeness (QED) is 0.226. The van der Waals surface area contributed by atoms with E-state index in [4.69, 9.17) is 5.11 Å². The van der Waals surface area contributed by atoms with Gasteiger partial charge in [0.15, 0.2) is 5.78 Å². The van der Waals surface area contributed by atoms with Crippen LogP contribution in [0.25, 0.3) is 27.0 Å². The van der Waals surface area contributed by atoms with Crippen LogP contribution in [0.1, 0.15) is 20.7 Å². The van der Waals surface area contributed by atoms with Crippen molar-refractivity contribution in [1.82, 2.24) is 9.78 Å². The van der Waals surface area contributed by atoms with Crippen LogP contribution in [0.4, 0.5) is 8.78 Å². The Bertz CT molecular complexity index is 1820. The Morgan fingerprint density at radius 3 is 2.40 bits per heavy atom. The predicted molar refractivity (Wildman–Crippen MR) is 146 cm³/mol. The summed E-state index contributed by atoms with van der Waals surface area (Å²) in [4.78, 5) is 47.0. The first-order chi connectivity index (χ1) is 19.2. The van der Waals surface area contributed by atoms with E-state index in [0.717, 1.165) is 11.3 Å². The van der Waals surface area contributed by atoms with Crippen LogP contribution in [0, 0.1) is 17.6 Å². The zero-order valence-corrected chi connectivity index (χ0v) is 22.2. The van der Waals surface area contributed by atoms with Gasteiger partial charge in [0, 0.05) is 22.1 Å². The first-order valence-corrected chi connectivity index (χ1v) is 13.5. The molecule has 0 fully saturated rings. The number of benzene rings is 3. The highest BCUT2D eigenvalue weighted by atomic mass is 32.2. The van der Waals surface area contributed by atoms with Crippen molar-refractivity contribution >= 4 is 50.9 Å². The van der Waals surface area contributed by atoms with E-state index in [1.165, 1.54) is 72.1 Å². The summed E-state index contributed by atoms with van der Waals surface area (Å²) in [5.41, 5.74) is 1.35. The van der Waals surface area contributed by atoms with Gasteiger partial charge in [-0.15, -0.1) is 23.1 Å². The molecule has 1 atom stereocenters. The average Bonchev–Trinajstić information content (AvgIpc) is 3.30. The van der Waals surface area contributed by atoms with Gasteiger partial charge in [0.25, 0.3) is 5.56 Å². The number of aromatic nitrogens is 2. The Morgan fingerprint density at radius 1 is 1.00 bits per heavy atom. The summed E-state index contributed by atoms with van der Waals surface area (Å²) in [6.45, 7) is 0. The second-order valence-electron chi connectivity index (χ2n) is 8.55. The van der Waals surface area contributed by atoms with E-state index < -0.39 is 23.7 Å². The van der Waals surface area contributed by atoms with Gasteiger partial charge in [-0.05, 0) is 36.4 Å². The lowest BCUT2D eigenvalue weighted by Crippen LogP contribution is -2.31. The van der Waals surface area contributed by atoms with Gasteiger partial charge < -0.3 is 9.84 Å². The van der Waals surface area contributed by atoms with Gasteiger partial charge in [-0.1, -0.05) is 24.3 Å². The minimum absolute atomic E-state index is 0.123. The zero-order chi connectivity index (χ0) is 28.6. The normalized spacial score (nSPS) is 14.4. The third-order valence-electron chi connectivity index (χ3n) is 6.18. The minimum Gasteiger partial charge on any atom is -0.478 e. The molecule has 0 aromatic heterocycles. The molecule has 0 radical (unpaired) electrons. The molecule has 1 unspecified atom stereocenters. The number of esters is 1. The molecule has 3 aromatic rings. The van der Waals surface area contributed by atoms with Crippen LogP contribution in [-0.4, -0.2) is 45.5 Å². The smallest absolute Gasteiger partial charge is 0.335 e. The molecule has 0 saturated heterocycles. The fourth-order valence-electron chi connectivity index (χ4n) is 4.17. The molecule has 1 N–H and O–H groups in total. The van der Waals surface area contributed by atoms with E-state index >= 15 is 0 Å². The van der Waals surface area contributed by atoms with Gasteiger partial charge in [-0.2, -0.15) is 9.78 Å². The molecule has 0 aliphatic carbocycles. The molecule has 202 valence electrons. The van der Waals surface area contributed by atoms with E-state index in [1.807, 2.05) is 0 Å². The molecule has 12 heteroatoms. The predicted octanol–water partition coefficient (Wildman–Crippen LogP) is 5.29. The highest BCUT2D eigenvalue weighted by Crippen LogP contribution is 2.35.